The van der Waals surface area contributed by atoms with Crippen molar-refractivity contribution in [1.82, 2.24) is 0 Å². The van der Waals surface area contributed by atoms with Gasteiger partial charge in [-0.15, -0.1) is 0 Å². The zero-order valence-electron chi connectivity index (χ0n) is 4.81. The third-order valence-corrected chi connectivity index (χ3v) is 0. The van der Waals surface area contributed by atoms with E-state index in [1.165, 1.54) is 6.92 Å². The molecule has 0 aromatic carbocycles. The van der Waals surface area contributed by atoms with Crippen molar-refractivity contribution in [1.29, 1.82) is 0 Å². The fraction of sp³-hybridized carbons (Fsp3) is 1.00. The highest BCUT2D eigenvalue weighted by Crippen LogP contribution is 1.85. The average molecular weight is 205 g/mol. The number of hydrogen-bond donors (Lipinski definition) is 2. The maximum atomic E-state index is 7.97. The predicted molar refractivity (Wildman–Crippen MR) is 38.1 cm³/mol. The lowest BCUT2D eigenvalue weighted by Gasteiger charge is -1.77. The van der Waals surface area contributed by atoms with Gasteiger partial charge in [0.2, 0.25) is 0 Å². The molecule has 0 fully saturated rings. The maximum absolute atomic E-state index is 7.97. The van der Waals surface area contributed by atoms with Crippen molar-refractivity contribution in [2.24, 2.45) is 0 Å². The summed E-state index contributed by atoms with van der Waals surface area (Å²) in [6.07, 6.45) is 0. The van der Waals surface area contributed by atoms with E-state index in [1.54, 1.807) is 6.92 Å². The van der Waals surface area contributed by atoms with Gasteiger partial charge in [0.1, 0.15) is 10.6 Å². The third-order valence-electron chi connectivity index (χ3n) is 0. The summed E-state index contributed by atoms with van der Waals surface area (Å²) in [5.41, 5.74) is -0.694. The molecule has 8 heavy (non-hydrogen) atoms. The zero-order chi connectivity index (χ0) is 7.15. The Bertz CT molecular complexity index is 29.5. The smallest absolute Gasteiger partial charge is 0.125 e. The Morgan fingerprint density at radius 1 is 1.38 bits per heavy atom. The highest BCUT2D eigenvalue weighted by atomic mass is 79.9. The van der Waals surface area contributed by atoms with Crippen LogP contribution in [-0.2, 0) is 0 Å². The van der Waals surface area contributed by atoms with E-state index in [-0.39, 0.29) is 5.01 Å². The Hall–Kier alpha value is 0.690. The first-order valence-corrected chi connectivity index (χ1v) is 3.46. The molecule has 2 N–H and O–H groups in total. The van der Waals surface area contributed by atoms with Crippen LogP contribution < -0.4 is 0 Å². The summed E-state index contributed by atoms with van der Waals surface area (Å²) >= 11 is 7.66. The second-order valence-corrected chi connectivity index (χ2v) is 3.10. The van der Waals surface area contributed by atoms with Crippen LogP contribution in [0.5, 0.6) is 0 Å². The predicted octanol–water partition coefficient (Wildman–Crippen LogP) is 1.28. The van der Waals surface area contributed by atoms with Gasteiger partial charge in [-0.3, -0.25) is 0 Å². The Morgan fingerprint density at radius 3 is 1.38 bits per heavy atom. The molecule has 4 heteroatoms. The molecular formula is C4H10BrClO2. The SMILES string of the molecule is CC(O)Br.CC(O)Cl. The van der Waals surface area contributed by atoms with E-state index in [2.05, 4.69) is 15.9 Å². The Morgan fingerprint density at radius 2 is 1.38 bits per heavy atom. The largest absolute Gasteiger partial charge is 0.382 e. The standard InChI is InChI=1S/C2H5BrO.C2H5ClO/c2*1-2(3)4/h2*2,4H,1H3. The number of hydrogen-bond acceptors (Lipinski definition) is 2. The topological polar surface area (TPSA) is 40.5 Å². The molecule has 0 aliphatic heterocycles. The fourth-order valence-corrected chi connectivity index (χ4v) is 0. The van der Waals surface area contributed by atoms with Crippen LogP contribution in [0, 0.1) is 0 Å². The van der Waals surface area contributed by atoms with Crippen molar-refractivity contribution in [2.45, 2.75) is 24.4 Å². The third kappa shape index (κ3) is 455. The molecule has 0 aromatic rings. The zero-order valence-corrected chi connectivity index (χ0v) is 7.15. The second kappa shape index (κ2) is 7.69. The minimum atomic E-state index is -0.694. The number of alkyl halides is 2. The van der Waals surface area contributed by atoms with E-state index >= 15 is 0 Å². The van der Waals surface area contributed by atoms with Crippen molar-refractivity contribution in [3.05, 3.63) is 0 Å². The molecule has 0 bridgehead atoms. The number of halogens is 2. The molecule has 0 aromatic heterocycles. The van der Waals surface area contributed by atoms with E-state index in [9.17, 15) is 0 Å². The Labute approximate surface area is 62.6 Å². The average Bonchev–Trinajstić information content (AvgIpc) is 1.25. The first kappa shape index (κ1) is 11.5. The van der Waals surface area contributed by atoms with Gasteiger partial charge in [-0.25, -0.2) is 0 Å². The van der Waals surface area contributed by atoms with Crippen molar-refractivity contribution in [3.63, 3.8) is 0 Å². The van der Waals surface area contributed by atoms with Crippen molar-refractivity contribution < 1.29 is 10.2 Å². The van der Waals surface area contributed by atoms with Crippen LogP contribution in [0.25, 0.3) is 0 Å². The van der Waals surface area contributed by atoms with Gasteiger partial charge in [0, 0.05) is 0 Å². The summed E-state index contributed by atoms with van der Waals surface area (Å²) in [5, 5.41) is 15.4. The summed E-state index contributed by atoms with van der Waals surface area (Å²) in [4.78, 5) is 0. The highest BCUT2D eigenvalue weighted by molar-refractivity contribution is 9.09. The molecule has 0 aliphatic rings. The Balaban J connectivity index is 0. The first-order chi connectivity index (χ1) is 3.46. The molecular weight excluding hydrogens is 195 g/mol. The van der Waals surface area contributed by atoms with E-state index in [4.69, 9.17) is 21.8 Å². The van der Waals surface area contributed by atoms with Gasteiger partial charge < -0.3 is 10.2 Å². The highest BCUT2D eigenvalue weighted by Gasteiger charge is 1.73. The monoisotopic (exact) mass is 204 g/mol. The number of rotatable bonds is 0. The van der Waals surface area contributed by atoms with Crippen molar-refractivity contribution in [3.8, 4) is 0 Å². The number of aliphatic hydroxyl groups excluding tert-OH is 2. The molecule has 0 saturated carbocycles. The molecule has 0 saturated heterocycles. The molecule has 0 aliphatic carbocycles. The Kier molecular flexibility index (Phi) is 11.0. The van der Waals surface area contributed by atoms with Gasteiger partial charge in [0.05, 0.1) is 0 Å². The van der Waals surface area contributed by atoms with Gasteiger partial charge in [-0.05, 0) is 13.8 Å². The minimum Gasteiger partial charge on any atom is -0.382 e. The molecule has 2 nitrogen and oxygen atoms in total. The van der Waals surface area contributed by atoms with Crippen LogP contribution in [-0.4, -0.2) is 20.8 Å². The van der Waals surface area contributed by atoms with Gasteiger partial charge >= 0.3 is 0 Å². The van der Waals surface area contributed by atoms with Crippen LogP contribution in [0.15, 0.2) is 0 Å². The molecule has 0 radical (unpaired) electrons. The molecule has 0 rings (SSSR count). The molecule has 0 heterocycles. The summed E-state index contributed by atoms with van der Waals surface area (Å²) in [6, 6.07) is 0. The van der Waals surface area contributed by atoms with Crippen LogP contribution in [0.3, 0.4) is 0 Å². The van der Waals surface area contributed by atoms with Crippen LogP contribution in [0.4, 0.5) is 0 Å². The van der Waals surface area contributed by atoms with Crippen LogP contribution >= 0.6 is 27.5 Å². The lowest BCUT2D eigenvalue weighted by Crippen LogP contribution is -1.79. The van der Waals surface area contributed by atoms with E-state index in [1.807, 2.05) is 0 Å². The minimum absolute atomic E-state index is 0.354. The summed E-state index contributed by atoms with van der Waals surface area (Å²) in [6.45, 7) is 3.13. The lowest BCUT2D eigenvalue weighted by molar-refractivity contribution is 0.277. The molecule has 0 amide bonds. The summed E-state index contributed by atoms with van der Waals surface area (Å²) in [7, 11) is 0. The van der Waals surface area contributed by atoms with Gasteiger partial charge in [0.15, 0.2) is 0 Å². The maximum Gasteiger partial charge on any atom is 0.125 e. The van der Waals surface area contributed by atoms with E-state index in [0.717, 1.165) is 0 Å². The first-order valence-electron chi connectivity index (χ1n) is 2.11. The van der Waals surface area contributed by atoms with Crippen LogP contribution in [0.2, 0.25) is 0 Å². The molecule has 2 atom stereocenters. The van der Waals surface area contributed by atoms with Gasteiger partial charge in [-0.2, -0.15) is 0 Å². The van der Waals surface area contributed by atoms with Crippen molar-refractivity contribution in [2.75, 3.05) is 0 Å². The summed E-state index contributed by atoms with van der Waals surface area (Å²) < 4.78 is 0. The van der Waals surface area contributed by atoms with E-state index < -0.39 is 5.56 Å². The van der Waals surface area contributed by atoms with Gasteiger partial charge in [-0.1, -0.05) is 27.5 Å². The molecule has 2 unspecified atom stereocenters. The van der Waals surface area contributed by atoms with Crippen molar-refractivity contribution >= 4 is 27.5 Å². The van der Waals surface area contributed by atoms with Crippen LogP contribution in [0.1, 0.15) is 13.8 Å². The quantitative estimate of drug-likeness (QED) is 0.585. The fourth-order valence-electron chi connectivity index (χ4n) is 0. The van der Waals surface area contributed by atoms with Gasteiger partial charge in [0.25, 0.3) is 0 Å². The van der Waals surface area contributed by atoms with E-state index in [0.29, 0.717) is 0 Å². The number of aliphatic hydroxyl groups is 2. The molecule has 0 spiro atoms. The lowest BCUT2D eigenvalue weighted by atomic mass is 10.9. The normalized spacial score (nSPS) is 15.8. The summed E-state index contributed by atoms with van der Waals surface area (Å²) in [5.74, 6) is 0. The second-order valence-electron chi connectivity index (χ2n) is 1.15. The molecule has 52 valence electrons.